The van der Waals surface area contributed by atoms with Gasteiger partial charge in [-0.2, -0.15) is 0 Å². The molecule has 0 aromatic carbocycles. The summed E-state index contributed by atoms with van der Waals surface area (Å²) < 4.78 is 0. The SMILES string of the molecule is CC(=O)N1C(C(O)CO)=CSC1N. The average Bonchev–Trinajstić information content (AvgIpc) is 2.45. The van der Waals surface area contributed by atoms with Gasteiger partial charge in [-0.05, 0) is 5.41 Å². The molecule has 74 valence electrons. The van der Waals surface area contributed by atoms with E-state index in [1.54, 1.807) is 5.41 Å². The molecule has 0 aromatic heterocycles. The summed E-state index contributed by atoms with van der Waals surface area (Å²) in [5.41, 5.74) is 5.46. The number of hydrogen-bond donors (Lipinski definition) is 3. The first-order valence-electron chi connectivity index (χ1n) is 3.77. The maximum atomic E-state index is 11.1. The lowest BCUT2D eigenvalue weighted by Crippen LogP contribution is -2.42. The van der Waals surface area contributed by atoms with Gasteiger partial charge in [-0.1, -0.05) is 11.8 Å². The molecule has 0 saturated heterocycles. The molecule has 2 unspecified atom stereocenters. The predicted octanol–water partition coefficient (Wildman–Crippen LogP) is -0.981. The topological polar surface area (TPSA) is 86.8 Å². The van der Waals surface area contributed by atoms with Crippen molar-refractivity contribution >= 4 is 17.7 Å². The Labute approximate surface area is 80.2 Å². The zero-order valence-corrected chi connectivity index (χ0v) is 7.99. The van der Waals surface area contributed by atoms with Gasteiger partial charge < -0.3 is 15.9 Å². The maximum absolute atomic E-state index is 11.1. The molecule has 1 aliphatic rings. The van der Waals surface area contributed by atoms with Crippen molar-refractivity contribution in [2.75, 3.05) is 6.61 Å². The van der Waals surface area contributed by atoms with E-state index >= 15 is 0 Å². The second kappa shape index (κ2) is 4.10. The van der Waals surface area contributed by atoms with Gasteiger partial charge in [-0.15, -0.1) is 0 Å². The Morgan fingerprint density at radius 2 is 2.54 bits per heavy atom. The van der Waals surface area contributed by atoms with Gasteiger partial charge in [0.15, 0.2) is 0 Å². The van der Waals surface area contributed by atoms with Crippen molar-refractivity contribution in [1.29, 1.82) is 0 Å². The maximum Gasteiger partial charge on any atom is 0.225 e. The number of thioether (sulfide) groups is 1. The fourth-order valence-electron chi connectivity index (χ4n) is 1.10. The number of carbonyl (C=O) groups excluding carboxylic acids is 1. The third kappa shape index (κ3) is 2.02. The van der Waals surface area contributed by atoms with Crippen LogP contribution in [0.15, 0.2) is 11.1 Å². The largest absolute Gasteiger partial charge is 0.393 e. The molecule has 1 rings (SSSR count). The summed E-state index contributed by atoms with van der Waals surface area (Å²) in [7, 11) is 0. The van der Waals surface area contributed by atoms with Crippen molar-refractivity contribution in [2.24, 2.45) is 5.73 Å². The summed E-state index contributed by atoms with van der Waals surface area (Å²) in [4.78, 5) is 12.4. The highest BCUT2D eigenvalue weighted by atomic mass is 32.2. The fourth-order valence-corrected chi connectivity index (χ4v) is 2.04. The Hall–Kier alpha value is -0.560. The first-order chi connectivity index (χ1) is 6.07. The highest BCUT2D eigenvalue weighted by molar-refractivity contribution is 8.02. The molecule has 1 heterocycles. The molecule has 2 atom stereocenters. The Morgan fingerprint density at radius 1 is 1.92 bits per heavy atom. The van der Waals surface area contributed by atoms with Gasteiger partial charge >= 0.3 is 0 Å². The number of aliphatic hydroxyl groups excluding tert-OH is 2. The van der Waals surface area contributed by atoms with E-state index in [4.69, 9.17) is 10.8 Å². The molecular formula is C7H12N2O3S. The first-order valence-corrected chi connectivity index (χ1v) is 4.72. The van der Waals surface area contributed by atoms with Crippen molar-refractivity contribution in [2.45, 2.75) is 18.5 Å². The number of aliphatic hydroxyl groups is 2. The molecule has 13 heavy (non-hydrogen) atoms. The van der Waals surface area contributed by atoms with Gasteiger partial charge in [0.05, 0.1) is 12.3 Å². The van der Waals surface area contributed by atoms with E-state index in [1.165, 1.54) is 23.6 Å². The van der Waals surface area contributed by atoms with Crippen molar-refractivity contribution in [3.05, 3.63) is 11.1 Å². The van der Waals surface area contributed by atoms with Gasteiger partial charge in [0, 0.05) is 6.92 Å². The Balaban J connectivity index is 2.79. The van der Waals surface area contributed by atoms with Crippen LogP contribution in [-0.2, 0) is 4.79 Å². The molecule has 6 heteroatoms. The minimum absolute atomic E-state index is 0.240. The number of carbonyl (C=O) groups is 1. The van der Waals surface area contributed by atoms with E-state index in [9.17, 15) is 9.90 Å². The molecule has 4 N–H and O–H groups in total. The normalized spacial score (nSPS) is 24.5. The summed E-state index contributed by atoms with van der Waals surface area (Å²) in [6.07, 6.45) is -1.04. The molecule has 1 aliphatic heterocycles. The van der Waals surface area contributed by atoms with Gasteiger partial charge in [-0.3, -0.25) is 9.69 Å². The second-order valence-corrected chi connectivity index (χ2v) is 3.65. The van der Waals surface area contributed by atoms with Gasteiger partial charge in [0.2, 0.25) is 5.91 Å². The van der Waals surface area contributed by atoms with Gasteiger partial charge in [0.25, 0.3) is 0 Å². The highest BCUT2D eigenvalue weighted by Crippen LogP contribution is 2.29. The molecule has 0 bridgehead atoms. The molecule has 0 spiro atoms. The van der Waals surface area contributed by atoms with Crippen molar-refractivity contribution in [3.8, 4) is 0 Å². The zero-order valence-electron chi connectivity index (χ0n) is 7.17. The number of amides is 1. The lowest BCUT2D eigenvalue weighted by atomic mass is 10.2. The van der Waals surface area contributed by atoms with Gasteiger partial charge in [0.1, 0.15) is 11.6 Å². The molecule has 0 fully saturated rings. The van der Waals surface area contributed by atoms with E-state index < -0.39 is 18.2 Å². The summed E-state index contributed by atoms with van der Waals surface area (Å²) in [6.45, 7) is 0.951. The molecule has 0 radical (unpaired) electrons. The standard InChI is InChI=1S/C7H12N2O3S/c1-4(11)9-5(6(12)2-10)3-13-7(9)8/h3,6-7,10,12H,2,8H2,1H3. The van der Waals surface area contributed by atoms with E-state index in [2.05, 4.69) is 0 Å². The predicted molar refractivity (Wildman–Crippen MR) is 49.3 cm³/mol. The van der Waals surface area contributed by atoms with E-state index in [0.717, 1.165) is 0 Å². The molecule has 0 aromatic rings. The minimum Gasteiger partial charge on any atom is -0.393 e. The summed E-state index contributed by atoms with van der Waals surface area (Å²) in [6, 6.07) is 0. The lowest BCUT2D eigenvalue weighted by molar-refractivity contribution is -0.128. The first kappa shape index (κ1) is 10.5. The lowest BCUT2D eigenvalue weighted by Gasteiger charge is -2.24. The van der Waals surface area contributed by atoms with Crippen LogP contribution in [0.5, 0.6) is 0 Å². The van der Waals surface area contributed by atoms with E-state index in [-0.39, 0.29) is 5.91 Å². The highest BCUT2D eigenvalue weighted by Gasteiger charge is 2.30. The number of nitrogens with zero attached hydrogens (tertiary/aromatic N) is 1. The molecule has 1 amide bonds. The van der Waals surface area contributed by atoms with Crippen LogP contribution in [0, 0.1) is 0 Å². The smallest absolute Gasteiger partial charge is 0.225 e. The third-order valence-electron chi connectivity index (χ3n) is 1.71. The van der Waals surface area contributed by atoms with Crippen molar-refractivity contribution in [3.63, 3.8) is 0 Å². The summed E-state index contributed by atoms with van der Waals surface area (Å²) >= 11 is 1.24. The quantitative estimate of drug-likeness (QED) is 0.538. The minimum atomic E-state index is -1.04. The summed E-state index contributed by atoms with van der Waals surface area (Å²) in [5.74, 6) is -0.240. The van der Waals surface area contributed by atoms with Crippen molar-refractivity contribution < 1.29 is 15.0 Å². The zero-order chi connectivity index (χ0) is 10.0. The third-order valence-corrected chi connectivity index (χ3v) is 2.58. The Kier molecular flexibility index (Phi) is 3.32. The van der Waals surface area contributed by atoms with Crippen LogP contribution in [-0.4, -0.2) is 39.2 Å². The van der Waals surface area contributed by atoms with Gasteiger partial charge in [-0.25, -0.2) is 0 Å². The monoisotopic (exact) mass is 204 g/mol. The van der Waals surface area contributed by atoms with E-state index in [1.807, 2.05) is 0 Å². The van der Waals surface area contributed by atoms with Crippen LogP contribution in [0.3, 0.4) is 0 Å². The van der Waals surface area contributed by atoms with Crippen LogP contribution >= 0.6 is 11.8 Å². The van der Waals surface area contributed by atoms with E-state index in [0.29, 0.717) is 5.70 Å². The Morgan fingerprint density at radius 3 is 3.00 bits per heavy atom. The molecule has 0 aliphatic carbocycles. The summed E-state index contributed by atoms with van der Waals surface area (Å²) in [5, 5.41) is 19.6. The van der Waals surface area contributed by atoms with Crippen LogP contribution < -0.4 is 5.73 Å². The number of hydrogen-bond acceptors (Lipinski definition) is 5. The van der Waals surface area contributed by atoms with Crippen LogP contribution in [0.25, 0.3) is 0 Å². The number of rotatable bonds is 2. The Bertz CT molecular complexity index is 244. The molecular weight excluding hydrogens is 192 g/mol. The average molecular weight is 204 g/mol. The molecule has 5 nitrogen and oxygen atoms in total. The van der Waals surface area contributed by atoms with Crippen LogP contribution in [0.4, 0.5) is 0 Å². The number of nitrogens with two attached hydrogens (primary N) is 1. The van der Waals surface area contributed by atoms with Crippen molar-refractivity contribution in [1.82, 2.24) is 4.90 Å². The fraction of sp³-hybridized carbons (Fsp3) is 0.571. The molecule has 0 saturated carbocycles. The van der Waals surface area contributed by atoms with Crippen LogP contribution in [0.1, 0.15) is 6.92 Å². The van der Waals surface area contributed by atoms with Crippen LogP contribution in [0.2, 0.25) is 0 Å². The second-order valence-electron chi connectivity index (χ2n) is 2.66.